The Morgan fingerprint density at radius 1 is 1.36 bits per heavy atom. The molecule has 0 fully saturated rings. The first-order chi connectivity index (χ1) is 13.2. The maximum atomic E-state index is 13.2. The number of carbonyl (C=O) groups is 1. The summed E-state index contributed by atoms with van der Waals surface area (Å²) in [4.78, 5) is 11.5. The predicted octanol–water partition coefficient (Wildman–Crippen LogP) is 2.77. The fourth-order valence-corrected chi connectivity index (χ4v) is 3.33. The van der Waals surface area contributed by atoms with Crippen molar-refractivity contribution in [3.8, 4) is 5.75 Å². The van der Waals surface area contributed by atoms with Gasteiger partial charge in [0.15, 0.2) is 5.75 Å². The minimum absolute atomic E-state index is 0.190. The molecule has 28 heavy (non-hydrogen) atoms. The molecule has 1 heterocycles. The molecule has 2 aromatic rings. The van der Waals surface area contributed by atoms with Gasteiger partial charge in [0.05, 0.1) is 11.8 Å². The standard InChI is InChI=1S/C20H22ClFN2O4/c1-20(2,9-11-6-7-12(22)8-14(11)21)23-10-16(25)13-4-3-5-15-17(13)28-19(27)18(26)24-15/h3-8,16,19,23,25,27H,9-10H2,1-2H3,(H,24,26). The number of β-amino-alcohol motifs (C(OH)–C–C–N with tert-alkyl or cyclic N) is 1. The minimum Gasteiger partial charge on any atom is -0.453 e. The van der Waals surface area contributed by atoms with E-state index in [0.717, 1.165) is 5.56 Å². The van der Waals surface area contributed by atoms with Gasteiger partial charge in [0.2, 0.25) is 0 Å². The number of benzene rings is 2. The van der Waals surface area contributed by atoms with Crippen LogP contribution in [0.2, 0.25) is 5.02 Å². The number of amides is 1. The van der Waals surface area contributed by atoms with Crippen LogP contribution in [-0.2, 0) is 11.2 Å². The second-order valence-electron chi connectivity index (χ2n) is 7.38. The monoisotopic (exact) mass is 408 g/mol. The number of halogens is 2. The molecule has 6 nitrogen and oxygen atoms in total. The zero-order valence-corrected chi connectivity index (χ0v) is 16.3. The molecular formula is C20H22ClFN2O4. The van der Waals surface area contributed by atoms with E-state index in [9.17, 15) is 19.4 Å². The Morgan fingerprint density at radius 2 is 2.11 bits per heavy atom. The number of ether oxygens (including phenoxy) is 1. The number of carbonyl (C=O) groups excluding carboxylic acids is 1. The molecule has 0 saturated heterocycles. The Bertz CT molecular complexity index is 891. The van der Waals surface area contributed by atoms with E-state index in [1.807, 2.05) is 13.8 Å². The highest BCUT2D eigenvalue weighted by molar-refractivity contribution is 6.31. The summed E-state index contributed by atoms with van der Waals surface area (Å²) in [7, 11) is 0. The molecule has 3 rings (SSSR count). The largest absolute Gasteiger partial charge is 0.453 e. The summed E-state index contributed by atoms with van der Waals surface area (Å²) in [6.07, 6.45) is -2.04. The average Bonchev–Trinajstić information content (AvgIpc) is 2.63. The fraction of sp³-hybridized carbons (Fsp3) is 0.350. The maximum Gasteiger partial charge on any atom is 0.293 e. The van der Waals surface area contributed by atoms with Crippen LogP contribution < -0.4 is 15.4 Å². The molecule has 0 saturated carbocycles. The van der Waals surface area contributed by atoms with E-state index in [-0.39, 0.29) is 12.3 Å². The van der Waals surface area contributed by atoms with Crippen LogP contribution in [0.15, 0.2) is 36.4 Å². The third-order valence-corrected chi connectivity index (χ3v) is 4.89. The first-order valence-corrected chi connectivity index (χ1v) is 9.19. The lowest BCUT2D eigenvalue weighted by molar-refractivity contribution is -0.139. The van der Waals surface area contributed by atoms with Gasteiger partial charge in [-0.2, -0.15) is 0 Å². The van der Waals surface area contributed by atoms with Crippen molar-refractivity contribution in [2.75, 3.05) is 11.9 Å². The van der Waals surface area contributed by atoms with Crippen molar-refractivity contribution in [1.82, 2.24) is 5.32 Å². The number of hydrogen-bond donors (Lipinski definition) is 4. The van der Waals surface area contributed by atoms with Crippen LogP contribution in [0.4, 0.5) is 10.1 Å². The van der Waals surface area contributed by atoms with Crippen LogP contribution in [0.25, 0.3) is 0 Å². The Hall–Kier alpha value is -2.19. The van der Waals surface area contributed by atoms with Gasteiger partial charge in [0.25, 0.3) is 12.2 Å². The zero-order valence-electron chi connectivity index (χ0n) is 15.5. The number of nitrogens with one attached hydrogen (secondary N) is 2. The molecule has 0 aromatic heterocycles. The normalized spacial score (nSPS) is 17.5. The van der Waals surface area contributed by atoms with Gasteiger partial charge in [-0.05, 0) is 44.0 Å². The molecule has 2 atom stereocenters. The van der Waals surface area contributed by atoms with Gasteiger partial charge < -0.3 is 25.6 Å². The summed E-state index contributed by atoms with van der Waals surface area (Å²) in [5, 5.41) is 26.4. The van der Waals surface area contributed by atoms with Crippen LogP contribution in [0.5, 0.6) is 5.75 Å². The first kappa shape index (κ1) is 20.5. The highest BCUT2D eigenvalue weighted by Crippen LogP contribution is 2.36. The van der Waals surface area contributed by atoms with Gasteiger partial charge in [-0.3, -0.25) is 4.79 Å². The molecule has 2 unspecified atom stereocenters. The molecule has 1 aliphatic rings. The third-order valence-electron chi connectivity index (χ3n) is 4.54. The number of hydrogen-bond acceptors (Lipinski definition) is 5. The number of anilines is 1. The van der Waals surface area contributed by atoms with Crippen LogP contribution in [-0.4, -0.2) is 34.5 Å². The highest BCUT2D eigenvalue weighted by Gasteiger charge is 2.29. The van der Waals surface area contributed by atoms with Crippen LogP contribution in [0.1, 0.15) is 31.1 Å². The predicted molar refractivity (Wildman–Crippen MR) is 104 cm³/mol. The summed E-state index contributed by atoms with van der Waals surface area (Å²) in [5.74, 6) is -0.809. The summed E-state index contributed by atoms with van der Waals surface area (Å²) < 4.78 is 18.5. The molecule has 0 bridgehead atoms. The zero-order chi connectivity index (χ0) is 20.5. The van der Waals surface area contributed by atoms with Crippen molar-refractivity contribution in [2.45, 2.75) is 38.2 Å². The lowest BCUT2D eigenvalue weighted by Crippen LogP contribution is -2.43. The van der Waals surface area contributed by atoms with E-state index in [4.69, 9.17) is 16.3 Å². The van der Waals surface area contributed by atoms with Gasteiger partial charge in [0, 0.05) is 22.7 Å². The number of fused-ring (bicyclic) bond motifs is 1. The molecule has 8 heteroatoms. The third kappa shape index (κ3) is 4.62. The molecular weight excluding hydrogens is 387 g/mol. The van der Waals surface area contributed by atoms with Crippen molar-refractivity contribution < 1.29 is 24.1 Å². The average molecular weight is 409 g/mol. The van der Waals surface area contributed by atoms with Crippen molar-refractivity contribution >= 4 is 23.2 Å². The SMILES string of the molecule is CC(C)(Cc1ccc(F)cc1Cl)NCC(O)c1cccc2c1OC(O)C(=O)N2. The van der Waals surface area contributed by atoms with Crippen molar-refractivity contribution in [3.05, 3.63) is 58.4 Å². The second kappa shape index (κ2) is 8.05. The Balaban J connectivity index is 1.69. The van der Waals surface area contributed by atoms with Gasteiger partial charge in [-0.25, -0.2) is 4.39 Å². The van der Waals surface area contributed by atoms with Gasteiger partial charge in [0.1, 0.15) is 5.82 Å². The number of aliphatic hydroxyl groups is 2. The van der Waals surface area contributed by atoms with E-state index in [0.29, 0.717) is 22.7 Å². The second-order valence-corrected chi connectivity index (χ2v) is 7.78. The minimum atomic E-state index is -1.62. The molecule has 0 radical (unpaired) electrons. The molecule has 2 aromatic carbocycles. The molecule has 0 spiro atoms. The summed E-state index contributed by atoms with van der Waals surface area (Å²) in [5.41, 5.74) is 1.19. The van der Waals surface area contributed by atoms with Crippen molar-refractivity contribution in [3.63, 3.8) is 0 Å². The quantitative estimate of drug-likeness (QED) is 0.590. The van der Waals surface area contributed by atoms with E-state index in [2.05, 4.69) is 10.6 Å². The summed E-state index contributed by atoms with van der Waals surface area (Å²) in [6, 6.07) is 9.25. The number of para-hydroxylation sites is 1. The lowest BCUT2D eigenvalue weighted by atomic mass is 9.94. The molecule has 1 amide bonds. The highest BCUT2D eigenvalue weighted by atomic mass is 35.5. The van der Waals surface area contributed by atoms with E-state index in [1.165, 1.54) is 12.1 Å². The first-order valence-electron chi connectivity index (χ1n) is 8.82. The molecule has 4 N–H and O–H groups in total. The fourth-order valence-electron chi connectivity index (χ4n) is 3.09. The van der Waals surface area contributed by atoms with Crippen LogP contribution >= 0.6 is 11.6 Å². The van der Waals surface area contributed by atoms with E-state index < -0.39 is 29.7 Å². The van der Waals surface area contributed by atoms with Gasteiger partial charge in [-0.1, -0.05) is 29.8 Å². The smallest absolute Gasteiger partial charge is 0.293 e. The van der Waals surface area contributed by atoms with E-state index in [1.54, 1.807) is 24.3 Å². The Morgan fingerprint density at radius 3 is 2.82 bits per heavy atom. The summed E-state index contributed by atoms with van der Waals surface area (Å²) >= 11 is 6.11. The topological polar surface area (TPSA) is 90.8 Å². The number of aliphatic hydroxyl groups excluding tert-OH is 2. The van der Waals surface area contributed by atoms with Crippen molar-refractivity contribution in [2.24, 2.45) is 0 Å². The summed E-state index contributed by atoms with van der Waals surface area (Å²) in [6.45, 7) is 4.08. The van der Waals surface area contributed by atoms with Gasteiger partial charge >= 0.3 is 0 Å². The van der Waals surface area contributed by atoms with Crippen molar-refractivity contribution in [1.29, 1.82) is 0 Å². The Labute approximate surface area is 167 Å². The Kier molecular flexibility index (Phi) is 5.90. The lowest BCUT2D eigenvalue weighted by Gasteiger charge is -2.30. The van der Waals surface area contributed by atoms with Crippen LogP contribution in [0.3, 0.4) is 0 Å². The molecule has 0 aliphatic carbocycles. The van der Waals surface area contributed by atoms with Gasteiger partial charge in [-0.15, -0.1) is 0 Å². The van der Waals surface area contributed by atoms with Crippen LogP contribution in [0, 0.1) is 5.82 Å². The molecule has 150 valence electrons. The number of rotatable bonds is 6. The molecule has 1 aliphatic heterocycles. The maximum absolute atomic E-state index is 13.2. The van der Waals surface area contributed by atoms with E-state index >= 15 is 0 Å².